The second kappa shape index (κ2) is 8.92. The van der Waals surface area contributed by atoms with Gasteiger partial charge in [0.05, 0.1) is 0 Å². The Morgan fingerprint density at radius 1 is 1.24 bits per heavy atom. The number of carbonyl (C=O) groups excluding carboxylic acids is 2. The first-order chi connectivity index (χ1) is 13.4. The highest BCUT2D eigenvalue weighted by atomic mass is 79.9. The number of nitrogens with zero attached hydrogens (tertiary/aromatic N) is 1. The highest BCUT2D eigenvalue weighted by molar-refractivity contribution is 9.10. The molecule has 2 aromatic rings. The van der Waals surface area contributed by atoms with Crippen LogP contribution in [-0.2, 0) is 11.2 Å². The Balaban J connectivity index is 2.15. The van der Waals surface area contributed by atoms with Gasteiger partial charge in [-0.15, -0.1) is 0 Å². The molecule has 0 aliphatic heterocycles. The van der Waals surface area contributed by atoms with E-state index >= 15 is 0 Å². The molecule has 0 aliphatic rings. The summed E-state index contributed by atoms with van der Waals surface area (Å²) < 4.78 is 5.76. The summed E-state index contributed by atoms with van der Waals surface area (Å²) in [4.78, 5) is 27.7. The van der Waals surface area contributed by atoms with E-state index in [1.54, 1.807) is 12.1 Å². The molecule has 7 nitrogen and oxygen atoms in total. The smallest absolute Gasteiger partial charge is 0.404 e. The van der Waals surface area contributed by atoms with E-state index in [-0.39, 0.29) is 24.6 Å². The molecule has 1 heterocycles. The Morgan fingerprint density at radius 3 is 2.48 bits per heavy atom. The van der Waals surface area contributed by atoms with Crippen molar-refractivity contribution in [2.24, 2.45) is 11.1 Å². The number of amides is 2. The molecule has 0 fully saturated rings. The summed E-state index contributed by atoms with van der Waals surface area (Å²) in [6.45, 7) is 7.18. The molecule has 0 saturated carbocycles. The van der Waals surface area contributed by atoms with Crippen LogP contribution in [0.15, 0.2) is 41.0 Å². The summed E-state index contributed by atoms with van der Waals surface area (Å²) >= 11 is 3.44. The number of rotatable bonds is 6. The fraction of sp³-hybridized carbons (Fsp3) is 0.381. The molecule has 156 valence electrons. The molecule has 0 saturated heterocycles. The van der Waals surface area contributed by atoms with Crippen molar-refractivity contribution in [1.29, 1.82) is 0 Å². The molecule has 1 unspecified atom stereocenters. The van der Waals surface area contributed by atoms with Gasteiger partial charge < -0.3 is 20.9 Å². The zero-order chi connectivity index (χ0) is 21.8. The maximum atomic E-state index is 12.5. The number of carbonyl (C=O) groups is 2. The van der Waals surface area contributed by atoms with Crippen molar-refractivity contribution >= 4 is 33.6 Å². The van der Waals surface area contributed by atoms with E-state index in [0.29, 0.717) is 11.3 Å². The summed E-state index contributed by atoms with van der Waals surface area (Å²) in [6, 6.07) is 8.86. The monoisotopic (exact) mass is 463 g/mol. The topological polar surface area (TPSA) is 115 Å². The second-order valence-corrected chi connectivity index (χ2v) is 8.84. The van der Waals surface area contributed by atoms with Gasteiger partial charge >= 0.3 is 6.09 Å². The van der Waals surface area contributed by atoms with E-state index in [1.807, 2.05) is 45.9 Å². The quantitative estimate of drug-likeness (QED) is 0.602. The lowest BCUT2D eigenvalue weighted by atomic mass is 9.73. The van der Waals surface area contributed by atoms with Gasteiger partial charge in [-0.2, -0.15) is 0 Å². The van der Waals surface area contributed by atoms with Crippen LogP contribution in [0.3, 0.4) is 0 Å². The number of benzene rings is 1. The molecule has 8 heteroatoms. The van der Waals surface area contributed by atoms with Gasteiger partial charge in [-0.1, -0.05) is 48.8 Å². The van der Waals surface area contributed by atoms with Crippen LogP contribution in [0.2, 0.25) is 0 Å². The van der Waals surface area contributed by atoms with Gasteiger partial charge in [0.15, 0.2) is 0 Å². The molecular formula is C21H26BrN3O4. The summed E-state index contributed by atoms with van der Waals surface area (Å²) in [5.41, 5.74) is 5.67. The number of hydrogen-bond acceptors (Lipinski definition) is 5. The summed E-state index contributed by atoms with van der Waals surface area (Å²) in [7, 11) is 0. The summed E-state index contributed by atoms with van der Waals surface area (Å²) in [6.07, 6.45) is 0.772. The van der Waals surface area contributed by atoms with Gasteiger partial charge in [-0.05, 0) is 41.7 Å². The molecule has 2 amide bonds. The van der Waals surface area contributed by atoms with E-state index in [2.05, 4.69) is 26.2 Å². The largest absolute Gasteiger partial charge is 0.447 e. The van der Waals surface area contributed by atoms with Crippen molar-refractivity contribution in [1.82, 2.24) is 4.98 Å². The number of aromatic nitrogens is 1. The number of ether oxygens (including phenoxy) is 1. The molecule has 0 spiro atoms. The van der Waals surface area contributed by atoms with Gasteiger partial charge in [0.1, 0.15) is 17.9 Å². The van der Waals surface area contributed by atoms with Crippen LogP contribution in [-0.4, -0.2) is 34.3 Å². The average molecular weight is 464 g/mol. The minimum Gasteiger partial charge on any atom is -0.447 e. The number of anilines is 1. The highest BCUT2D eigenvalue weighted by Gasteiger charge is 2.41. The van der Waals surface area contributed by atoms with Crippen molar-refractivity contribution < 1.29 is 19.4 Å². The molecule has 1 aromatic carbocycles. The molecule has 29 heavy (non-hydrogen) atoms. The molecule has 0 radical (unpaired) electrons. The first kappa shape index (κ1) is 22.8. The fourth-order valence-electron chi connectivity index (χ4n) is 2.65. The van der Waals surface area contributed by atoms with Gasteiger partial charge in [0.2, 0.25) is 0 Å². The molecule has 1 aromatic heterocycles. The van der Waals surface area contributed by atoms with Crippen molar-refractivity contribution in [2.75, 3.05) is 11.9 Å². The SMILES string of the molecule is Cc1c(Br)cccc1NC(=O)c1ccc(CC(O)(COC(N)=O)C(C)(C)C)cn1. The second-order valence-electron chi connectivity index (χ2n) is 7.98. The average Bonchev–Trinajstić information content (AvgIpc) is 2.63. The third kappa shape index (κ3) is 5.77. The number of aliphatic hydroxyl groups is 1. The molecule has 2 rings (SSSR count). The summed E-state index contributed by atoms with van der Waals surface area (Å²) in [5.74, 6) is -0.333. The van der Waals surface area contributed by atoms with Gasteiger partial charge in [-0.25, -0.2) is 4.79 Å². The minimum absolute atomic E-state index is 0.184. The molecule has 1 atom stereocenters. The Hall–Kier alpha value is -2.45. The van der Waals surface area contributed by atoms with E-state index in [1.165, 1.54) is 6.20 Å². The lowest BCUT2D eigenvalue weighted by Gasteiger charge is -2.39. The zero-order valence-electron chi connectivity index (χ0n) is 17.0. The third-order valence-electron chi connectivity index (χ3n) is 4.92. The molecule has 4 N–H and O–H groups in total. The van der Waals surface area contributed by atoms with E-state index in [4.69, 9.17) is 10.5 Å². The van der Waals surface area contributed by atoms with Gasteiger partial charge in [-0.3, -0.25) is 9.78 Å². The van der Waals surface area contributed by atoms with Crippen LogP contribution in [0.25, 0.3) is 0 Å². The molecule has 0 aliphatic carbocycles. The minimum atomic E-state index is -1.35. The first-order valence-electron chi connectivity index (χ1n) is 9.09. The maximum absolute atomic E-state index is 12.5. The van der Waals surface area contributed by atoms with E-state index in [0.717, 1.165) is 10.0 Å². The number of nitrogens with one attached hydrogen (secondary N) is 1. The van der Waals surface area contributed by atoms with Crippen molar-refractivity contribution in [2.45, 2.75) is 39.7 Å². The Morgan fingerprint density at radius 2 is 1.93 bits per heavy atom. The van der Waals surface area contributed by atoms with Crippen molar-refractivity contribution in [3.05, 3.63) is 57.8 Å². The number of pyridine rings is 1. The number of nitrogens with two attached hydrogens (primary N) is 1. The Bertz CT molecular complexity index is 894. The van der Waals surface area contributed by atoms with Gasteiger partial charge in [0.25, 0.3) is 5.91 Å². The number of primary amides is 1. The highest BCUT2D eigenvalue weighted by Crippen LogP contribution is 2.34. The third-order valence-corrected chi connectivity index (χ3v) is 5.78. The number of halogens is 1. The van der Waals surface area contributed by atoms with Crippen LogP contribution in [0.1, 0.15) is 42.4 Å². The fourth-order valence-corrected chi connectivity index (χ4v) is 3.02. The molecular weight excluding hydrogens is 438 g/mol. The van der Waals surface area contributed by atoms with Crippen LogP contribution < -0.4 is 11.1 Å². The lowest BCUT2D eigenvalue weighted by Crippen LogP contribution is -2.49. The zero-order valence-corrected chi connectivity index (χ0v) is 18.5. The van der Waals surface area contributed by atoms with E-state index < -0.39 is 17.1 Å². The Labute approximate surface area is 178 Å². The normalized spacial score (nSPS) is 13.4. The predicted molar refractivity (Wildman–Crippen MR) is 115 cm³/mol. The number of hydrogen-bond donors (Lipinski definition) is 3. The van der Waals surface area contributed by atoms with Crippen LogP contribution in [0.5, 0.6) is 0 Å². The van der Waals surface area contributed by atoms with Crippen molar-refractivity contribution in [3.8, 4) is 0 Å². The standard InChI is InChI=1S/C21H26BrN3O4/c1-13-15(22)6-5-7-16(13)25-18(26)17-9-8-14(11-24-17)10-21(28,20(2,3)4)12-29-19(23)27/h5-9,11,28H,10,12H2,1-4H3,(H2,23,27)(H,25,26). The van der Waals surface area contributed by atoms with Crippen molar-refractivity contribution in [3.63, 3.8) is 0 Å². The first-order valence-corrected chi connectivity index (χ1v) is 9.88. The predicted octanol–water partition coefficient (Wildman–Crippen LogP) is 3.82. The van der Waals surface area contributed by atoms with Crippen LogP contribution >= 0.6 is 15.9 Å². The van der Waals surface area contributed by atoms with E-state index in [9.17, 15) is 14.7 Å². The van der Waals surface area contributed by atoms with Gasteiger partial charge in [0, 0.05) is 22.8 Å². The summed E-state index contributed by atoms with van der Waals surface area (Å²) in [5, 5.41) is 13.9. The van der Waals surface area contributed by atoms with Crippen LogP contribution in [0, 0.1) is 12.3 Å². The Kier molecular flexibility index (Phi) is 7.02. The van der Waals surface area contributed by atoms with Crippen LogP contribution in [0.4, 0.5) is 10.5 Å². The maximum Gasteiger partial charge on any atom is 0.404 e. The molecule has 0 bridgehead atoms. The lowest BCUT2D eigenvalue weighted by molar-refractivity contribution is -0.0952.